The number of carbonyl (C=O) groups is 2. The first-order valence-electron chi connectivity index (χ1n) is 8.91. The van der Waals surface area contributed by atoms with Gasteiger partial charge in [-0.25, -0.2) is 4.98 Å². The van der Waals surface area contributed by atoms with Crippen LogP contribution >= 0.6 is 11.3 Å². The molecule has 8 heteroatoms. The van der Waals surface area contributed by atoms with E-state index in [0.29, 0.717) is 24.7 Å². The van der Waals surface area contributed by atoms with Crippen LogP contribution in [0.15, 0.2) is 17.8 Å². The second-order valence-corrected chi connectivity index (χ2v) is 8.60. The fourth-order valence-electron chi connectivity index (χ4n) is 3.91. The molecule has 1 N–H and O–H groups in total. The van der Waals surface area contributed by atoms with Crippen molar-refractivity contribution >= 4 is 23.2 Å². The maximum Gasteiger partial charge on any atom is 0.273 e. The van der Waals surface area contributed by atoms with E-state index in [-0.39, 0.29) is 23.3 Å². The number of nitrogens with zero attached hydrogens (tertiary/aromatic N) is 4. The minimum atomic E-state index is -0.287. The van der Waals surface area contributed by atoms with Gasteiger partial charge in [0.1, 0.15) is 10.7 Å². The summed E-state index contributed by atoms with van der Waals surface area (Å²) in [5, 5.41) is 9.83. The van der Waals surface area contributed by atoms with E-state index in [1.54, 1.807) is 10.9 Å². The zero-order valence-electron chi connectivity index (χ0n) is 15.2. The van der Waals surface area contributed by atoms with Crippen LogP contribution in [-0.2, 0) is 11.8 Å². The van der Waals surface area contributed by atoms with Crippen molar-refractivity contribution in [2.24, 2.45) is 18.4 Å². The lowest BCUT2D eigenvalue weighted by atomic mass is 9.68. The number of nitrogens with one attached hydrogen (secondary N) is 1. The summed E-state index contributed by atoms with van der Waals surface area (Å²) in [5.74, 6) is 0.561. The van der Waals surface area contributed by atoms with Crippen molar-refractivity contribution in [1.82, 2.24) is 25.0 Å². The van der Waals surface area contributed by atoms with Crippen molar-refractivity contribution in [1.29, 1.82) is 0 Å². The van der Waals surface area contributed by atoms with Crippen LogP contribution < -0.4 is 5.32 Å². The Labute approximate surface area is 156 Å². The molecule has 4 heterocycles. The van der Waals surface area contributed by atoms with Gasteiger partial charge in [0.15, 0.2) is 0 Å². The Bertz CT molecular complexity index is 847. The molecule has 1 unspecified atom stereocenters. The molecule has 2 aliphatic heterocycles. The maximum atomic E-state index is 12.8. The first kappa shape index (κ1) is 17.2. The predicted molar refractivity (Wildman–Crippen MR) is 98.7 cm³/mol. The number of hydrogen-bond acceptors (Lipinski definition) is 5. The average molecular weight is 373 g/mol. The van der Waals surface area contributed by atoms with Crippen LogP contribution in [0.5, 0.6) is 0 Å². The quantitative estimate of drug-likeness (QED) is 0.834. The van der Waals surface area contributed by atoms with Gasteiger partial charge in [-0.3, -0.25) is 14.3 Å². The Balaban J connectivity index is 1.38. The molecule has 4 rings (SSSR count). The van der Waals surface area contributed by atoms with Crippen LogP contribution in [-0.4, -0.2) is 50.6 Å². The Morgan fingerprint density at radius 2 is 2.08 bits per heavy atom. The monoisotopic (exact) mass is 373 g/mol. The van der Waals surface area contributed by atoms with Crippen LogP contribution in [0.3, 0.4) is 0 Å². The van der Waals surface area contributed by atoms with Crippen molar-refractivity contribution in [2.75, 3.05) is 13.1 Å². The SMILES string of the molecule is Cn1cc(-c2nc(C(=O)N3CCC(C4NC(=O)C4(C)C)CC3)cs2)cn1. The van der Waals surface area contributed by atoms with Crippen molar-refractivity contribution in [3.05, 3.63) is 23.5 Å². The summed E-state index contributed by atoms with van der Waals surface area (Å²) in [7, 11) is 1.86. The van der Waals surface area contributed by atoms with E-state index in [0.717, 1.165) is 23.4 Å². The molecular weight excluding hydrogens is 350 g/mol. The van der Waals surface area contributed by atoms with Crippen LogP contribution in [0.25, 0.3) is 10.6 Å². The van der Waals surface area contributed by atoms with Gasteiger partial charge in [-0.1, -0.05) is 0 Å². The number of aromatic nitrogens is 3. The standard InChI is InChI=1S/C18H23N5O2S/c1-18(2)14(21-17(18)25)11-4-6-23(7-5-11)16(24)13-10-26-15(20-13)12-8-19-22(3)9-12/h8-11,14H,4-7H2,1-3H3,(H,21,25). The third kappa shape index (κ3) is 2.82. The summed E-state index contributed by atoms with van der Waals surface area (Å²) in [6.45, 7) is 5.43. The summed E-state index contributed by atoms with van der Waals surface area (Å²) in [4.78, 5) is 30.8. The first-order valence-corrected chi connectivity index (χ1v) is 9.79. The predicted octanol–water partition coefficient (Wildman–Crippen LogP) is 1.92. The zero-order chi connectivity index (χ0) is 18.5. The summed E-state index contributed by atoms with van der Waals surface area (Å²) in [5.41, 5.74) is 1.15. The fourth-order valence-corrected chi connectivity index (χ4v) is 4.68. The van der Waals surface area contributed by atoms with E-state index < -0.39 is 0 Å². The molecule has 7 nitrogen and oxygen atoms in total. The van der Waals surface area contributed by atoms with Gasteiger partial charge in [0.2, 0.25) is 5.91 Å². The minimum Gasteiger partial charge on any atom is -0.351 e. The Kier molecular flexibility index (Phi) is 4.10. The minimum absolute atomic E-state index is 0.00764. The van der Waals surface area contributed by atoms with Crippen LogP contribution in [0.2, 0.25) is 0 Å². The molecule has 2 aromatic heterocycles. The van der Waals surface area contributed by atoms with E-state index in [1.807, 2.05) is 37.4 Å². The van der Waals surface area contributed by atoms with Crippen molar-refractivity contribution in [3.8, 4) is 10.6 Å². The van der Waals surface area contributed by atoms with Gasteiger partial charge in [-0.2, -0.15) is 5.10 Å². The number of likely N-dealkylation sites (tertiary alicyclic amines) is 1. The lowest BCUT2D eigenvalue weighted by molar-refractivity contribution is -0.146. The summed E-state index contributed by atoms with van der Waals surface area (Å²) >= 11 is 1.47. The number of carbonyl (C=O) groups excluding carboxylic acids is 2. The van der Waals surface area contributed by atoms with Crippen LogP contribution in [0.1, 0.15) is 37.2 Å². The van der Waals surface area contributed by atoms with Crippen LogP contribution in [0, 0.1) is 11.3 Å². The van der Waals surface area contributed by atoms with Gasteiger partial charge in [0.25, 0.3) is 5.91 Å². The van der Waals surface area contributed by atoms with E-state index in [9.17, 15) is 9.59 Å². The maximum absolute atomic E-state index is 12.8. The molecule has 0 aromatic carbocycles. The smallest absolute Gasteiger partial charge is 0.273 e. The number of amides is 2. The van der Waals surface area contributed by atoms with Gasteiger partial charge in [-0.15, -0.1) is 11.3 Å². The molecule has 0 aliphatic carbocycles. The fraction of sp³-hybridized carbons (Fsp3) is 0.556. The zero-order valence-corrected chi connectivity index (χ0v) is 16.0. The number of rotatable bonds is 3. The number of thiazole rings is 1. The second-order valence-electron chi connectivity index (χ2n) is 7.74. The molecule has 0 radical (unpaired) electrons. The van der Waals surface area contributed by atoms with Crippen molar-refractivity contribution in [2.45, 2.75) is 32.7 Å². The highest BCUT2D eigenvalue weighted by Crippen LogP contribution is 2.38. The molecule has 0 spiro atoms. The summed E-state index contributed by atoms with van der Waals surface area (Å²) in [6.07, 6.45) is 5.49. The van der Waals surface area contributed by atoms with Crippen LogP contribution in [0.4, 0.5) is 0 Å². The number of piperidine rings is 1. The molecule has 1 atom stereocenters. The molecule has 2 aromatic rings. The molecule has 2 saturated heterocycles. The molecule has 2 aliphatic rings. The molecular formula is C18H23N5O2S. The molecule has 2 amide bonds. The van der Waals surface area contributed by atoms with E-state index in [1.165, 1.54) is 11.3 Å². The number of β-lactam (4-membered cyclic amide) rings is 1. The third-order valence-corrected chi connectivity index (χ3v) is 6.51. The van der Waals surface area contributed by atoms with Gasteiger partial charge in [-0.05, 0) is 32.6 Å². The van der Waals surface area contributed by atoms with Crippen molar-refractivity contribution in [3.63, 3.8) is 0 Å². The lowest BCUT2D eigenvalue weighted by Crippen LogP contribution is -2.68. The highest BCUT2D eigenvalue weighted by atomic mass is 32.1. The van der Waals surface area contributed by atoms with Crippen molar-refractivity contribution < 1.29 is 9.59 Å². The van der Waals surface area contributed by atoms with Gasteiger partial charge >= 0.3 is 0 Å². The van der Waals surface area contributed by atoms with E-state index in [2.05, 4.69) is 15.4 Å². The second kappa shape index (κ2) is 6.19. The molecule has 138 valence electrons. The number of hydrogen-bond donors (Lipinski definition) is 1. The topological polar surface area (TPSA) is 80.1 Å². The molecule has 26 heavy (non-hydrogen) atoms. The number of aryl methyl sites for hydroxylation is 1. The van der Waals surface area contributed by atoms with E-state index in [4.69, 9.17) is 0 Å². The Morgan fingerprint density at radius 1 is 1.35 bits per heavy atom. The largest absolute Gasteiger partial charge is 0.351 e. The van der Waals surface area contributed by atoms with Gasteiger partial charge < -0.3 is 10.2 Å². The molecule has 2 fully saturated rings. The third-order valence-electron chi connectivity index (χ3n) is 5.62. The summed E-state index contributed by atoms with van der Waals surface area (Å²) < 4.78 is 1.73. The Hall–Kier alpha value is -2.22. The molecule has 0 saturated carbocycles. The van der Waals surface area contributed by atoms with Gasteiger partial charge in [0.05, 0.1) is 11.6 Å². The average Bonchev–Trinajstić information content (AvgIpc) is 3.28. The Morgan fingerprint density at radius 3 is 2.65 bits per heavy atom. The normalized spacial score (nSPS) is 22.8. The van der Waals surface area contributed by atoms with E-state index >= 15 is 0 Å². The van der Waals surface area contributed by atoms with Gasteiger partial charge in [0, 0.05) is 43.3 Å². The lowest BCUT2D eigenvalue weighted by Gasteiger charge is -2.50. The highest BCUT2D eigenvalue weighted by Gasteiger charge is 2.51. The molecule has 0 bridgehead atoms. The first-order chi connectivity index (χ1) is 12.4. The summed E-state index contributed by atoms with van der Waals surface area (Å²) in [6, 6.07) is 0.226. The highest BCUT2D eigenvalue weighted by molar-refractivity contribution is 7.13.